The summed E-state index contributed by atoms with van der Waals surface area (Å²) in [5, 5.41) is 9.86. The lowest BCUT2D eigenvalue weighted by Crippen LogP contribution is -2.34. The summed E-state index contributed by atoms with van der Waals surface area (Å²) in [4.78, 5) is 5.18. The topological polar surface area (TPSA) is 52.7 Å². The molecule has 140 valence electrons. The minimum Gasteiger partial charge on any atom is -0.396 e. The van der Waals surface area contributed by atoms with E-state index in [1.54, 1.807) is 0 Å². The summed E-state index contributed by atoms with van der Waals surface area (Å²) < 4.78 is 0. The molecule has 4 heteroatoms. The molecule has 0 saturated carbocycles. The highest BCUT2D eigenvalue weighted by Gasteiger charge is 2.33. The molecule has 0 radical (unpaired) electrons. The normalized spacial score (nSPS) is 26.0. The van der Waals surface area contributed by atoms with Gasteiger partial charge in [-0.15, -0.1) is 0 Å². The maximum Gasteiger partial charge on any atom is 0.0475 e. The Hall–Kier alpha value is -0.940. The number of nitrogens with zero attached hydrogens (tertiary/aromatic N) is 2. The standard InChI is InChI=1S/C21H35N3O/c22-9-8-18-6-5-7-19(12-18)13-24-15-20(21(16-24)17-25)14-23-10-3-1-2-4-11-23/h5-7,12,20-21,25H,1-4,8-11,13-17,22H2/t20-,21-/m1/s1. The number of aliphatic hydroxyl groups excluding tert-OH is 1. The monoisotopic (exact) mass is 345 g/mol. The van der Waals surface area contributed by atoms with Crippen LogP contribution in [0.5, 0.6) is 0 Å². The summed E-state index contributed by atoms with van der Waals surface area (Å²) in [5.74, 6) is 1.03. The Balaban J connectivity index is 1.56. The van der Waals surface area contributed by atoms with Crippen molar-refractivity contribution < 1.29 is 5.11 Å². The highest BCUT2D eigenvalue weighted by Crippen LogP contribution is 2.26. The van der Waals surface area contributed by atoms with Crippen molar-refractivity contribution in [2.75, 3.05) is 45.9 Å². The molecule has 4 nitrogen and oxygen atoms in total. The Bertz CT molecular complexity index is 514. The fourth-order valence-electron chi connectivity index (χ4n) is 4.54. The van der Waals surface area contributed by atoms with E-state index in [1.807, 2.05) is 0 Å². The van der Waals surface area contributed by atoms with Gasteiger partial charge in [0.05, 0.1) is 0 Å². The molecule has 2 atom stereocenters. The molecule has 0 spiro atoms. The summed E-state index contributed by atoms with van der Waals surface area (Å²) in [6.07, 6.45) is 6.40. The number of hydrogen-bond donors (Lipinski definition) is 2. The predicted octanol–water partition coefficient (Wildman–Crippen LogP) is 2.10. The SMILES string of the molecule is NCCc1cccc(CN2C[C@@H](CN3CCCCCC3)[C@@H](CO)C2)c1. The minimum atomic E-state index is 0.322. The molecule has 0 bridgehead atoms. The summed E-state index contributed by atoms with van der Waals surface area (Å²) >= 11 is 0. The average Bonchev–Trinajstić information content (AvgIpc) is 2.80. The van der Waals surface area contributed by atoms with E-state index >= 15 is 0 Å². The molecule has 0 aliphatic carbocycles. The minimum absolute atomic E-state index is 0.322. The van der Waals surface area contributed by atoms with E-state index in [2.05, 4.69) is 34.1 Å². The second-order valence-corrected chi connectivity index (χ2v) is 7.97. The highest BCUT2D eigenvalue weighted by molar-refractivity contribution is 5.23. The third-order valence-corrected chi connectivity index (χ3v) is 5.91. The van der Waals surface area contributed by atoms with E-state index in [9.17, 15) is 5.11 Å². The number of rotatable bonds is 7. The molecule has 0 aromatic heterocycles. The van der Waals surface area contributed by atoms with Crippen molar-refractivity contribution in [1.29, 1.82) is 0 Å². The van der Waals surface area contributed by atoms with Crippen LogP contribution in [0.4, 0.5) is 0 Å². The van der Waals surface area contributed by atoms with Gasteiger partial charge in [0.15, 0.2) is 0 Å². The van der Waals surface area contributed by atoms with Crippen LogP contribution < -0.4 is 5.73 Å². The van der Waals surface area contributed by atoms with Crippen LogP contribution in [-0.2, 0) is 13.0 Å². The van der Waals surface area contributed by atoms with Crippen LogP contribution >= 0.6 is 0 Å². The van der Waals surface area contributed by atoms with Gasteiger partial charge in [-0.25, -0.2) is 0 Å². The number of aliphatic hydroxyl groups is 1. The summed E-state index contributed by atoms with van der Waals surface area (Å²) in [6, 6.07) is 8.83. The second-order valence-electron chi connectivity index (χ2n) is 7.97. The molecular weight excluding hydrogens is 310 g/mol. The lowest BCUT2D eigenvalue weighted by molar-refractivity contribution is 0.165. The van der Waals surface area contributed by atoms with Gasteiger partial charge in [-0.05, 0) is 61.9 Å². The van der Waals surface area contributed by atoms with E-state index in [0.29, 0.717) is 25.0 Å². The van der Waals surface area contributed by atoms with Gasteiger partial charge in [0.1, 0.15) is 0 Å². The van der Waals surface area contributed by atoms with E-state index in [-0.39, 0.29) is 0 Å². The van der Waals surface area contributed by atoms with Crippen LogP contribution in [0.25, 0.3) is 0 Å². The van der Waals surface area contributed by atoms with Crippen LogP contribution in [-0.4, -0.2) is 60.8 Å². The van der Waals surface area contributed by atoms with Gasteiger partial charge in [0.25, 0.3) is 0 Å². The van der Waals surface area contributed by atoms with Crippen molar-refractivity contribution >= 4 is 0 Å². The molecule has 2 aliphatic heterocycles. The first-order valence-corrected chi connectivity index (χ1v) is 10.1. The fraction of sp³-hybridized carbons (Fsp3) is 0.714. The van der Waals surface area contributed by atoms with Gasteiger partial charge in [-0.3, -0.25) is 4.90 Å². The van der Waals surface area contributed by atoms with Gasteiger partial charge in [-0.1, -0.05) is 37.1 Å². The molecule has 0 unspecified atom stereocenters. The van der Waals surface area contributed by atoms with Crippen molar-refractivity contribution in [2.24, 2.45) is 17.6 Å². The van der Waals surface area contributed by atoms with E-state index in [4.69, 9.17) is 5.73 Å². The third kappa shape index (κ3) is 5.52. The van der Waals surface area contributed by atoms with Crippen LogP contribution in [0.3, 0.4) is 0 Å². The van der Waals surface area contributed by atoms with Crippen molar-refractivity contribution in [3.05, 3.63) is 35.4 Å². The molecular formula is C21H35N3O. The van der Waals surface area contributed by atoms with Crippen molar-refractivity contribution in [3.8, 4) is 0 Å². The second kappa shape index (κ2) is 9.67. The molecule has 3 N–H and O–H groups in total. The number of hydrogen-bond acceptors (Lipinski definition) is 4. The van der Waals surface area contributed by atoms with Crippen molar-refractivity contribution in [1.82, 2.24) is 9.80 Å². The van der Waals surface area contributed by atoms with Crippen LogP contribution in [0, 0.1) is 11.8 Å². The molecule has 1 aromatic carbocycles. The Morgan fingerprint density at radius 3 is 2.40 bits per heavy atom. The lowest BCUT2D eigenvalue weighted by Gasteiger charge is -2.26. The Morgan fingerprint density at radius 1 is 0.960 bits per heavy atom. The predicted molar refractivity (Wildman–Crippen MR) is 103 cm³/mol. The zero-order valence-electron chi connectivity index (χ0n) is 15.6. The van der Waals surface area contributed by atoms with Gasteiger partial charge in [0, 0.05) is 32.8 Å². The van der Waals surface area contributed by atoms with E-state index in [1.165, 1.54) is 49.9 Å². The summed E-state index contributed by atoms with van der Waals surface area (Å²) in [7, 11) is 0. The number of benzene rings is 1. The quantitative estimate of drug-likeness (QED) is 0.795. The van der Waals surface area contributed by atoms with Gasteiger partial charge < -0.3 is 15.7 Å². The summed E-state index contributed by atoms with van der Waals surface area (Å²) in [5.41, 5.74) is 8.39. The highest BCUT2D eigenvalue weighted by atomic mass is 16.3. The molecule has 3 rings (SSSR count). The first kappa shape index (κ1) is 18.8. The number of nitrogens with two attached hydrogens (primary N) is 1. The van der Waals surface area contributed by atoms with Crippen molar-refractivity contribution in [2.45, 2.75) is 38.6 Å². The zero-order chi connectivity index (χ0) is 17.5. The average molecular weight is 346 g/mol. The molecule has 2 aliphatic rings. The number of likely N-dealkylation sites (tertiary alicyclic amines) is 2. The third-order valence-electron chi connectivity index (χ3n) is 5.91. The molecule has 2 saturated heterocycles. The van der Waals surface area contributed by atoms with Crippen molar-refractivity contribution in [3.63, 3.8) is 0 Å². The molecule has 0 amide bonds. The fourth-order valence-corrected chi connectivity index (χ4v) is 4.54. The first-order valence-electron chi connectivity index (χ1n) is 10.1. The van der Waals surface area contributed by atoms with Crippen LogP contribution in [0.15, 0.2) is 24.3 Å². The zero-order valence-corrected chi connectivity index (χ0v) is 15.6. The Labute approximate surface area is 153 Å². The molecule has 1 aromatic rings. The summed E-state index contributed by atoms with van der Waals surface area (Å²) in [6.45, 7) is 7.81. The molecule has 2 fully saturated rings. The largest absolute Gasteiger partial charge is 0.396 e. The van der Waals surface area contributed by atoms with Gasteiger partial charge in [-0.2, -0.15) is 0 Å². The van der Waals surface area contributed by atoms with Crippen LogP contribution in [0.2, 0.25) is 0 Å². The smallest absolute Gasteiger partial charge is 0.0475 e. The van der Waals surface area contributed by atoms with E-state index in [0.717, 1.165) is 32.6 Å². The lowest BCUT2D eigenvalue weighted by atomic mass is 9.96. The van der Waals surface area contributed by atoms with Gasteiger partial charge in [0.2, 0.25) is 0 Å². The molecule has 25 heavy (non-hydrogen) atoms. The maximum atomic E-state index is 9.86. The van der Waals surface area contributed by atoms with Crippen LogP contribution in [0.1, 0.15) is 36.8 Å². The Morgan fingerprint density at radius 2 is 1.68 bits per heavy atom. The molecule has 2 heterocycles. The van der Waals surface area contributed by atoms with Gasteiger partial charge >= 0.3 is 0 Å². The van der Waals surface area contributed by atoms with E-state index < -0.39 is 0 Å². The first-order chi connectivity index (χ1) is 12.3. The maximum absolute atomic E-state index is 9.86. The Kier molecular flexibility index (Phi) is 7.29.